The molecular weight excluding hydrogens is 246 g/mol. The molecule has 0 heterocycles. The lowest BCUT2D eigenvalue weighted by atomic mass is 10.1. The normalized spacial score (nSPS) is 9.78. The Balaban J connectivity index is 2.21. The Kier molecular flexibility index (Phi) is 4.15. The average Bonchev–Trinajstić information content (AvgIpc) is 2.41. The highest BCUT2D eigenvalue weighted by Crippen LogP contribution is 2.13. The van der Waals surface area contributed by atoms with Crippen molar-refractivity contribution in [3.05, 3.63) is 65.7 Å². The molecule has 18 heavy (non-hydrogen) atoms. The fourth-order valence-corrected chi connectivity index (χ4v) is 2.03. The molecule has 2 aromatic carbocycles. The van der Waals surface area contributed by atoms with Crippen LogP contribution in [0.4, 0.5) is 5.69 Å². The van der Waals surface area contributed by atoms with Crippen molar-refractivity contribution >= 4 is 23.3 Å². The quantitative estimate of drug-likeness (QED) is 0.857. The number of anilines is 1. The summed E-state index contributed by atoms with van der Waals surface area (Å²) in [5.41, 5.74) is 2.04. The maximum Gasteiger partial charge on any atom is 0.463 e. The molecule has 0 saturated heterocycles. The van der Waals surface area contributed by atoms with Crippen LogP contribution in [0.5, 0.6) is 0 Å². The number of hydrogen-bond acceptors (Lipinski definition) is 2. The van der Waals surface area contributed by atoms with Gasteiger partial charge in [0.15, 0.2) is 0 Å². The molecule has 2 rings (SSSR count). The van der Waals surface area contributed by atoms with Crippen molar-refractivity contribution < 1.29 is 9.00 Å². The third kappa shape index (κ3) is 2.99. The Morgan fingerprint density at radius 1 is 1.00 bits per heavy atom. The molecule has 1 N–H and O–H groups in total. The smallest absolute Gasteiger partial charge is 0.322 e. The molecule has 0 radical (unpaired) electrons. The molecule has 0 bridgehead atoms. The van der Waals surface area contributed by atoms with Crippen LogP contribution in [-0.2, 0) is 21.6 Å². The van der Waals surface area contributed by atoms with E-state index in [4.69, 9.17) is 0 Å². The van der Waals surface area contributed by atoms with Gasteiger partial charge in [-0.2, -0.15) is 0 Å². The van der Waals surface area contributed by atoms with Crippen LogP contribution in [0.1, 0.15) is 15.9 Å². The van der Waals surface area contributed by atoms with E-state index in [2.05, 4.69) is 5.32 Å². The zero-order valence-corrected chi connectivity index (χ0v) is 10.4. The first-order valence-corrected chi connectivity index (χ1v) is 6.41. The van der Waals surface area contributed by atoms with Crippen LogP contribution in [0.3, 0.4) is 0 Å². The number of benzene rings is 2. The molecule has 3 nitrogen and oxygen atoms in total. The van der Waals surface area contributed by atoms with Crippen LogP contribution in [0.15, 0.2) is 54.6 Å². The van der Waals surface area contributed by atoms with E-state index in [9.17, 15) is 9.00 Å². The average molecular weight is 258 g/mol. The first-order valence-electron chi connectivity index (χ1n) is 5.50. The summed E-state index contributed by atoms with van der Waals surface area (Å²) in [6.07, 6.45) is 0. The predicted molar refractivity (Wildman–Crippen MR) is 72.6 cm³/mol. The standard InChI is InChI=1S/C14H11NO2S/c16-14(15-12-7-2-1-3-8-12)13-9-5-4-6-11(13)10-18-17/h1-9H,10H2/p+1. The van der Waals surface area contributed by atoms with Crippen LogP contribution in [0.25, 0.3) is 0 Å². The van der Waals surface area contributed by atoms with E-state index in [1.54, 1.807) is 18.2 Å². The Morgan fingerprint density at radius 2 is 1.67 bits per heavy atom. The van der Waals surface area contributed by atoms with Gasteiger partial charge in [-0.3, -0.25) is 4.79 Å². The third-order valence-corrected chi connectivity index (χ3v) is 2.94. The Hall–Kier alpha value is -2.07. The Labute approximate surface area is 109 Å². The molecule has 0 unspecified atom stereocenters. The van der Waals surface area contributed by atoms with Gasteiger partial charge in [-0.05, 0) is 18.2 Å². The number of para-hydroxylation sites is 1. The maximum atomic E-state index is 12.1. The van der Waals surface area contributed by atoms with E-state index < -0.39 is 0 Å². The number of carbonyl (C=O) groups is 1. The summed E-state index contributed by atoms with van der Waals surface area (Å²) in [4.78, 5) is 12.1. The van der Waals surface area contributed by atoms with Crippen molar-refractivity contribution in [3.63, 3.8) is 0 Å². The first kappa shape index (κ1) is 12.4. The molecule has 0 spiro atoms. The Bertz CT molecular complexity index is 555. The van der Waals surface area contributed by atoms with E-state index in [-0.39, 0.29) is 5.91 Å². The molecule has 2 aromatic rings. The molecule has 1 amide bonds. The number of rotatable bonds is 4. The highest BCUT2D eigenvalue weighted by Gasteiger charge is 2.14. The minimum absolute atomic E-state index is 0.189. The van der Waals surface area contributed by atoms with E-state index in [0.29, 0.717) is 23.0 Å². The largest absolute Gasteiger partial charge is 0.463 e. The van der Waals surface area contributed by atoms with Gasteiger partial charge in [0, 0.05) is 21.0 Å². The molecule has 0 aromatic heterocycles. The SMILES string of the molecule is O=[S+]Cc1ccccc1C(=O)Nc1ccccc1. The molecule has 0 aliphatic carbocycles. The van der Waals surface area contributed by atoms with Crippen LogP contribution >= 0.6 is 0 Å². The minimum Gasteiger partial charge on any atom is -0.322 e. The van der Waals surface area contributed by atoms with Crippen LogP contribution in [-0.4, -0.2) is 5.91 Å². The third-order valence-electron chi connectivity index (χ3n) is 2.51. The summed E-state index contributed by atoms with van der Waals surface area (Å²) in [6.45, 7) is 0. The second kappa shape index (κ2) is 6.02. The van der Waals surface area contributed by atoms with Crippen molar-refractivity contribution in [3.8, 4) is 0 Å². The predicted octanol–water partition coefficient (Wildman–Crippen LogP) is 2.87. The van der Waals surface area contributed by atoms with Gasteiger partial charge in [-0.15, -0.1) is 0 Å². The molecule has 0 saturated carbocycles. The molecule has 4 heteroatoms. The van der Waals surface area contributed by atoms with E-state index in [0.717, 1.165) is 11.3 Å². The van der Waals surface area contributed by atoms with Crippen molar-refractivity contribution in [2.24, 2.45) is 0 Å². The van der Waals surface area contributed by atoms with Gasteiger partial charge in [0.25, 0.3) is 11.7 Å². The fourth-order valence-electron chi connectivity index (χ4n) is 1.65. The summed E-state index contributed by atoms with van der Waals surface area (Å²) < 4.78 is 10.6. The number of amides is 1. The summed E-state index contributed by atoms with van der Waals surface area (Å²) in [6, 6.07) is 16.4. The van der Waals surface area contributed by atoms with E-state index in [1.807, 2.05) is 36.4 Å². The van der Waals surface area contributed by atoms with Gasteiger partial charge in [-0.1, -0.05) is 36.4 Å². The topological polar surface area (TPSA) is 46.2 Å². The van der Waals surface area contributed by atoms with Gasteiger partial charge in [0.1, 0.15) is 0 Å². The summed E-state index contributed by atoms with van der Waals surface area (Å²) >= 11 is 0.463. The highest BCUT2D eigenvalue weighted by molar-refractivity contribution is 7.64. The second-order valence-electron chi connectivity index (χ2n) is 3.74. The molecule has 0 aliphatic heterocycles. The zero-order valence-electron chi connectivity index (χ0n) is 9.63. The molecule has 0 atom stereocenters. The van der Waals surface area contributed by atoms with Gasteiger partial charge in [0.05, 0.1) is 0 Å². The number of nitrogens with one attached hydrogen (secondary N) is 1. The fraction of sp³-hybridized carbons (Fsp3) is 0.0714. The summed E-state index contributed by atoms with van der Waals surface area (Å²) in [5.74, 6) is 0.101. The van der Waals surface area contributed by atoms with Crippen LogP contribution < -0.4 is 5.32 Å². The second-order valence-corrected chi connectivity index (χ2v) is 4.26. The Morgan fingerprint density at radius 3 is 2.39 bits per heavy atom. The number of carbonyl (C=O) groups excluding carboxylic acids is 1. The maximum absolute atomic E-state index is 12.1. The lowest BCUT2D eigenvalue weighted by Gasteiger charge is -2.06. The van der Waals surface area contributed by atoms with Crippen molar-refractivity contribution in [1.29, 1.82) is 0 Å². The molecular formula is C14H12NO2S+. The van der Waals surface area contributed by atoms with Gasteiger partial charge in [-0.25, -0.2) is 0 Å². The summed E-state index contributed by atoms with van der Waals surface area (Å²) in [5, 5.41) is 2.81. The van der Waals surface area contributed by atoms with Gasteiger partial charge < -0.3 is 5.32 Å². The molecule has 90 valence electrons. The lowest BCUT2D eigenvalue weighted by Crippen LogP contribution is -2.14. The van der Waals surface area contributed by atoms with E-state index in [1.165, 1.54) is 0 Å². The molecule has 0 fully saturated rings. The van der Waals surface area contributed by atoms with Crippen LogP contribution in [0.2, 0.25) is 0 Å². The minimum atomic E-state index is -0.189. The van der Waals surface area contributed by atoms with Crippen molar-refractivity contribution in [2.75, 3.05) is 5.32 Å². The van der Waals surface area contributed by atoms with E-state index >= 15 is 0 Å². The highest BCUT2D eigenvalue weighted by atomic mass is 32.1. The van der Waals surface area contributed by atoms with Crippen LogP contribution in [0, 0.1) is 0 Å². The lowest BCUT2D eigenvalue weighted by molar-refractivity contribution is 0.102. The monoisotopic (exact) mass is 258 g/mol. The van der Waals surface area contributed by atoms with Gasteiger partial charge >= 0.3 is 11.7 Å². The van der Waals surface area contributed by atoms with Gasteiger partial charge in [0.2, 0.25) is 0 Å². The zero-order chi connectivity index (χ0) is 12.8. The molecule has 0 aliphatic rings. The van der Waals surface area contributed by atoms with Crippen molar-refractivity contribution in [2.45, 2.75) is 5.75 Å². The summed E-state index contributed by atoms with van der Waals surface area (Å²) in [7, 11) is 0. The van der Waals surface area contributed by atoms with Crippen molar-refractivity contribution in [1.82, 2.24) is 0 Å². The number of hydrogen-bond donors (Lipinski definition) is 1. The first-order chi connectivity index (χ1) is 8.81.